The summed E-state index contributed by atoms with van der Waals surface area (Å²) in [5, 5.41) is 5.62. The van der Waals surface area contributed by atoms with E-state index in [1.807, 2.05) is 0 Å². The molecule has 0 radical (unpaired) electrons. The first-order chi connectivity index (χ1) is 9.46. The minimum atomic E-state index is -4.42. The molecule has 1 amide bonds. The highest BCUT2D eigenvalue weighted by Gasteiger charge is 2.29. The molecule has 0 aromatic carbocycles. The van der Waals surface area contributed by atoms with E-state index in [-0.39, 0.29) is 36.7 Å². The summed E-state index contributed by atoms with van der Waals surface area (Å²) < 4.78 is 41.0. The number of hydrogen-bond acceptors (Lipinski definition) is 4. The molecule has 21 heavy (non-hydrogen) atoms. The van der Waals surface area contributed by atoms with Gasteiger partial charge in [0, 0.05) is 31.4 Å². The lowest BCUT2D eigenvalue weighted by molar-refractivity contribution is -0.154. The summed E-state index contributed by atoms with van der Waals surface area (Å²) in [4.78, 5) is 15.4. The zero-order valence-electron chi connectivity index (χ0n) is 10.9. The summed E-state index contributed by atoms with van der Waals surface area (Å²) in [5.74, 6) is -0.322. The Balaban J connectivity index is 0.00000220. The maximum Gasteiger partial charge on any atom is 0.422 e. The van der Waals surface area contributed by atoms with Crippen LogP contribution < -0.4 is 15.4 Å². The number of rotatable bonds is 5. The molecule has 2 N–H and O–H groups in total. The molecule has 1 saturated heterocycles. The van der Waals surface area contributed by atoms with Gasteiger partial charge in [0.15, 0.2) is 6.61 Å². The van der Waals surface area contributed by atoms with Gasteiger partial charge in [-0.05, 0) is 6.07 Å². The van der Waals surface area contributed by atoms with Crippen molar-refractivity contribution >= 4 is 18.3 Å². The minimum absolute atomic E-state index is 0. The van der Waals surface area contributed by atoms with E-state index in [0.717, 1.165) is 0 Å². The quantitative estimate of drug-likeness (QED) is 0.856. The van der Waals surface area contributed by atoms with E-state index in [1.165, 1.54) is 6.20 Å². The highest BCUT2D eigenvalue weighted by atomic mass is 35.5. The Kier molecular flexibility index (Phi) is 6.22. The number of nitrogens with zero attached hydrogens (tertiary/aromatic N) is 1. The molecule has 5 nitrogen and oxygen atoms in total. The number of pyridine rings is 1. The Hall–Kier alpha value is -1.54. The van der Waals surface area contributed by atoms with Gasteiger partial charge in [0.05, 0.1) is 5.92 Å². The fraction of sp³-hybridized carbons (Fsp3) is 0.500. The number of carbonyl (C=O) groups is 1. The number of hydrogen-bond donors (Lipinski definition) is 2. The summed E-state index contributed by atoms with van der Waals surface area (Å²) >= 11 is 0. The molecule has 1 fully saturated rings. The molecule has 1 aromatic rings. The molecule has 1 aliphatic rings. The third kappa shape index (κ3) is 5.39. The van der Waals surface area contributed by atoms with Crippen LogP contribution in [0.3, 0.4) is 0 Å². The Bertz CT molecular complexity index is 481. The number of carbonyl (C=O) groups excluding carboxylic acids is 1. The van der Waals surface area contributed by atoms with Crippen molar-refractivity contribution in [3.05, 3.63) is 23.9 Å². The SMILES string of the molecule is Cl.O=C(NCc1cccnc1OCC(F)(F)F)C1CNC1. The monoisotopic (exact) mass is 325 g/mol. The predicted molar refractivity (Wildman–Crippen MR) is 71.2 cm³/mol. The molecule has 2 rings (SSSR count). The van der Waals surface area contributed by atoms with Gasteiger partial charge in [-0.25, -0.2) is 4.98 Å². The van der Waals surface area contributed by atoms with Gasteiger partial charge < -0.3 is 15.4 Å². The summed E-state index contributed by atoms with van der Waals surface area (Å²) in [7, 11) is 0. The minimum Gasteiger partial charge on any atom is -0.468 e. The van der Waals surface area contributed by atoms with Crippen molar-refractivity contribution in [3.8, 4) is 5.88 Å². The molecule has 0 bridgehead atoms. The third-order valence-electron chi connectivity index (χ3n) is 2.83. The van der Waals surface area contributed by atoms with E-state index in [4.69, 9.17) is 0 Å². The molecule has 9 heteroatoms. The number of nitrogens with one attached hydrogen (secondary N) is 2. The van der Waals surface area contributed by atoms with Gasteiger partial charge in [-0.15, -0.1) is 12.4 Å². The zero-order chi connectivity index (χ0) is 14.6. The molecule has 1 aromatic heterocycles. The van der Waals surface area contributed by atoms with Crippen LogP contribution in [0.5, 0.6) is 5.88 Å². The van der Waals surface area contributed by atoms with E-state index in [0.29, 0.717) is 18.7 Å². The maximum atomic E-state index is 12.1. The van der Waals surface area contributed by atoms with Crippen LogP contribution in [-0.2, 0) is 11.3 Å². The van der Waals surface area contributed by atoms with Crippen molar-refractivity contribution in [3.63, 3.8) is 0 Å². The van der Waals surface area contributed by atoms with Crippen molar-refractivity contribution in [2.45, 2.75) is 12.7 Å². The molecule has 2 heterocycles. The highest BCUT2D eigenvalue weighted by Crippen LogP contribution is 2.20. The van der Waals surface area contributed by atoms with Gasteiger partial charge in [0.25, 0.3) is 0 Å². The van der Waals surface area contributed by atoms with Gasteiger partial charge in [0.1, 0.15) is 0 Å². The molecule has 118 valence electrons. The smallest absolute Gasteiger partial charge is 0.422 e. The van der Waals surface area contributed by atoms with Gasteiger partial charge in [-0.3, -0.25) is 4.79 Å². The largest absolute Gasteiger partial charge is 0.468 e. The van der Waals surface area contributed by atoms with Crippen molar-refractivity contribution in [1.29, 1.82) is 0 Å². The lowest BCUT2D eigenvalue weighted by atomic mass is 10.0. The van der Waals surface area contributed by atoms with E-state index < -0.39 is 12.8 Å². The van der Waals surface area contributed by atoms with E-state index in [9.17, 15) is 18.0 Å². The van der Waals surface area contributed by atoms with Crippen LogP contribution in [0, 0.1) is 5.92 Å². The topological polar surface area (TPSA) is 63.2 Å². The second-order valence-corrected chi connectivity index (χ2v) is 4.44. The third-order valence-corrected chi connectivity index (χ3v) is 2.83. The first kappa shape index (κ1) is 17.5. The first-order valence-electron chi connectivity index (χ1n) is 6.07. The van der Waals surface area contributed by atoms with Crippen molar-refractivity contribution < 1.29 is 22.7 Å². The van der Waals surface area contributed by atoms with Gasteiger partial charge in [0.2, 0.25) is 11.8 Å². The van der Waals surface area contributed by atoms with Crippen LogP contribution >= 0.6 is 12.4 Å². The summed E-state index contributed by atoms with van der Waals surface area (Å²) in [6.45, 7) is -0.0690. The van der Waals surface area contributed by atoms with Crippen molar-refractivity contribution in [1.82, 2.24) is 15.6 Å². The zero-order valence-corrected chi connectivity index (χ0v) is 11.8. The number of aromatic nitrogens is 1. The molecular weight excluding hydrogens is 311 g/mol. The molecule has 1 aliphatic heterocycles. The number of alkyl halides is 3. The van der Waals surface area contributed by atoms with Crippen LogP contribution in [-0.4, -0.2) is 36.8 Å². The average Bonchev–Trinajstić information content (AvgIpc) is 2.31. The van der Waals surface area contributed by atoms with E-state index in [1.54, 1.807) is 12.1 Å². The highest BCUT2D eigenvalue weighted by molar-refractivity contribution is 5.85. The first-order valence-corrected chi connectivity index (χ1v) is 6.07. The molecule has 0 spiro atoms. The Labute approximate surface area is 125 Å². The maximum absolute atomic E-state index is 12.1. The van der Waals surface area contributed by atoms with Crippen molar-refractivity contribution in [2.75, 3.05) is 19.7 Å². The predicted octanol–water partition coefficient (Wildman–Crippen LogP) is 1.28. The van der Waals surface area contributed by atoms with Gasteiger partial charge >= 0.3 is 6.18 Å². The molecule has 0 atom stereocenters. The fourth-order valence-corrected chi connectivity index (χ4v) is 1.64. The lowest BCUT2D eigenvalue weighted by Crippen LogP contribution is -2.50. The normalized spacial score (nSPS) is 14.8. The molecule has 0 unspecified atom stereocenters. The van der Waals surface area contributed by atoms with Crippen LogP contribution in [0.1, 0.15) is 5.56 Å². The molecule has 0 aliphatic carbocycles. The summed E-state index contributed by atoms with van der Waals surface area (Å²) in [6.07, 6.45) is -3.08. The second-order valence-electron chi connectivity index (χ2n) is 4.44. The van der Waals surface area contributed by atoms with Crippen LogP contribution in [0.2, 0.25) is 0 Å². The van der Waals surface area contributed by atoms with Gasteiger partial charge in [-0.1, -0.05) is 6.07 Å². The average molecular weight is 326 g/mol. The fourth-order valence-electron chi connectivity index (χ4n) is 1.64. The Morgan fingerprint density at radius 1 is 1.48 bits per heavy atom. The summed E-state index contributed by atoms with van der Waals surface area (Å²) in [6, 6.07) is 3.14. The van der Waals surface area contributed by atoms with Crippen LogP contribution in [0.4, 0.5) is 13.2 Å². The molecular formula is C12H15ClF3N3O2. The second kappa shape index (κ2) is 7.46. The molecule has 0 saturated carbocycles. The number of halogens is 4. The number of ether oxygens (including phenoxy) is 1. The van der Waals surface area contributed by atoms with Crippen molar-refractivity contribution in [2.24, 2.45) is 5.92 Å². The van der Waals surface area contributed by atoms with E-state index in [2.05, 4.69) is 20.4 Å². The Morgan fingerprint density at radius 3 is 2.76 bits per heavy atom. The van der Waals surface area contributed by atoms with E-state index >= 15 is 0 Å². The van der Waals surface area contributed by atoms with Crippen LogP contribution in [0.25, 0.3) is 0 Å². The van der Waals surface area contributed by atoms with Gasteiger partial charge in [-0.2, -0.15) is 13.2 Å². The summed E-state index contributed by atoms with van der Waals surface area (Å²) in [5.41, 5.74) is 0.414. The standard InChI is InChI=1S/C12H14F3N3O2.ClH/c13-12(14,15)7-20-11-8(2-1-3-17-11)6-18-10(19)9-4-16-5-9;/h1-3,9,16H,4-7H2,(H,18,19);1H. The number of amides is 1. The Morgan fingerprint density at radius 2 is 2.19 bits per heavy atom. The lowest BCUT2D eigenvalue weighted by Gasteiger charge is -2.25. The van der Waals surface area contributed by atoms with Crippen LogP contribution in [0.15, 0.2) is 18.3 Å².